The number of hydrogen-bond donors (Lipinski definition) is 1. The molecule has 0 aromatic heterocycles. The number of esters is 1. The van der Waals surface area contributed by atoms with Crippen molar-refractivity contribution >= 4 is 5.97 Å². The molecule has 1 fully saturated rings. The van der Waals surface area contributed by atoms with Crippen molar-refractivity contribution in [2.75, 3.05) is 13.1 Å². The van der Waals surface area contributed by atoms with Crippen molar-refractivity contribution in [3.8, 4) is 0 Å². The number of rotatable bonds is 3. The first kappa shape index (κ1) is 12.2. The fourth-order valence-corrected chi connectivity index (χ4v) is 2.00. The van der Waals surface area contributed by atoms with E-state index in [2.05, 4.69) is 11.9 Å². The normalized spacial score (nSPS) is 18.6. The van der Waals surface area contributed by atoms with E-state index in [-0.39, 0.29) is 0 Å². The first-order chi connectivity index (χ1) is 6.93. The molecule has 0 radical (unpaired) electrons. The number of nitrogens with two attached hydrogens (primary N) is 1. The molecular formula is C11H19FNO2+. The molecule has 0 saturated carbocycles. The van der Waals surface area contributed by atoms with E-state index in [1.807, 2.05) is 13.8 Å². The summed E-state index contributed by atoms with van der Waals surface area (Å²) in [6.45, 7) is 8.70. The maximum Gasteiger partial charge on any atom is 0.367 e. The summed E-state index contributed by atoms with van der Waals surface area (Å²) < 4.78 is 17.6. The van der Waals surface area contributed by atoms with Gasteiger partial charge < -0.3 is 10.1 Å². The van der Waals surface area contributed by atoms with Crippen LogP contribution in [0.2, 0.25) is 0 Å². The van der Waals surface area contributed by atoms with Crippen molar-refractivity contribution in [1.29, 1.82) is 0 Å². The Morgan fingerprint density at radius 3 is 2.47 bits per heavy atom. The monoisotopic (exact) mass is 216 g/mol. The zero-order valence-corrected chi connectivity index (χ0v) is 9.38. The van der Waals surface area contributed by atoms with Crippen molar-refractivity contribution in [3.05, 3.63) is 12.4 Å². The lowest BCUT2D eigenvalue weighted by molar-refractivity contribution is -0.665. The molecule has 0 amide bonds. The van der Waals surface area contributed by atoms with E-state index in [1.54, 1.807) is 0 Å². The number of quaternary nitrogens is 1. The molecule has 0 unspecified atom stereocenters. The van der Waals surface area contributed by atoms with Gasteiger partial charge in [0.05, 0.1) is 13.1 Å². The second-order valence-corrected chi connectivity index (χ2v) is 4.54. The molecule has 0 aliphatic carbocycles. The Morgan fingerprint density at radius 1 is 1.47 bits per heavy atom. The molecule has 1 saturated heterocycles. The van der Waals surface area contributed by atoms with Crippen LogP contribution in [0.25, 0.3) is 0 Å². The van der Waals surface area contributed by atoms with Gasteiger partial charge in [-0.05, 0) is 13.8 Å². The number of carbonyl (C=O) groups excluding carboxylic acids is 1. The Kier molecular flexibility index (Phi) is 3.85. The molecule has 1 heterocycles. The maximum atomic E-state index is 12.5. The Hall–Kier alpha value is -0.900. The lowest BCUT2D eigenvalue weighted by Gasteiger charge is -2.35. The standard InChI is InChI=1S/C11H18FNO2/c1-8(12)10(14)15-11(2,3)9-4-6-13-7-5-9/h9,13H,1,4-7H2,2-3H3/p+1. The third-order valence-corrected chi connectivity index (χ3v) is 3.00. The fourth-order valence-electron chi connectivity index (χ4n) is 2.00. The van der Waals surface area contributed by atoms with E-state index in [4.69, 9.17) is 4.74 Å². The molecule has 0 atom stereocenters. The van der Waals surface area contributed by atoms with Crippen LogP contribution in [0.1, 0.15) is 26.7 Å². The molecule has 86 valence electrons. The van der Waals surface area contributed by atoms with Crippen LogP contribution in [0.15, 0.2) is 12.4 Å². The van der Waals surface area contributed by atoms with Crippen molar-refractivity contribution in [2.24, 2.45) is 5.92 Å². The van der Waals surface area contributed by atoms with Crippen LogP contribution in [-0.4, -0.2) is 24.7 Å². The molecule has 3 nitrogen and oxygen atoms in total. The number of carbonyl (C=O) groups is 1. The third-order valence-electron chi connectivity index (χ3n) is 3.00. The number of hydrogen-bond acceptors (Lipinski definition) is 2. The second-order valence-electron chi connectivity index (χ2n) is 4.54. The molecule has 1 aliphatic heterocycles. The zero-order chi connectivity index (χ0) is 11.5. The quantitative estimate of drug-likeness (QED) is 0.559. The van der Waals surface area contributed by atoms with Crippen molar-refractivity contribution in [2.45, 2.75) is 32.3 Å². The van der Waals surface area contributed by atoms with Gasteiger partial charge in [-0.3, -0.25) is 0 Å². The Labute approximate surface area is 89.7 Å². The first-order valence-corrected chi connectivity index (χ1v) is 5.33. The average molecular weight is 216 g/mol. The topological polar surface area (TPSA) is 42.9 Å². The van der Waals surface area contributed by atoms with Crippen LogP contribution in [0.4, 0.5) is 4.39 Å². The van der Waals surface area contributed by atoms with Crippen LogP contribution in [0.3, 0.4) is 0 Å². The molecule has 1 aliphatic rings. The van der Waals surface area contributed by atoms with Gasteiger partial charge >= 0.3 is 5.97 Å². The number of halogens is 1. The molecule has 0 aromatic rings. The second kappa shape index (κ2) is 4.75. The van der Waals surface area contributed by atoms with Crippen LogP contribution < -0.4 is 5.32 Å². The SMILES string of the molecule is C=C(F)C(=O)OC(C)(C)C1CC[NH2+]CC1. The summed E-state index contributed by atoms with van der Waals surface area (Å²) >= 11 is 0. The van der Waals surface area contributed by atoms with Gasteiger partial charge in [-0.25, -0.2) is 4.79 Å². The molecular weight excluding hydrogens is 197 g/mol. The highest BCUT2D eigenvalue weighted by atomic mass is 19.1. The van der Waals surface area contributed by atoms with Gasteiger partial charge in [0.1, 0.15) is 5.60 Å². The predicted molar refractivity (Wildman–Crippen MR) is 54.8 cm³/mol. The van der Waals surface area contributed by atoms with Crippen molar-refractivity contribution < 1.29 is 19.2 Å². The third kappa shape index (κ3) is 3.30. The van der Waals surface area contributed by atoms with Crippen LogP contribution >= 0.6 is 0 Å². The van der Waals surface area contributed by atoms with E-state index in [1.165, 1.54) is 0 Å². The van der Waals surface area contributed by atoms with E-state index in [9.17, 15) is 9.18 Å². The minimum Gasteiger partial charge on any atom is -0.454 e. The van der Waals surface area contributed by atoms with Gasteiger partial charge in [0.2, 0.25) is 5.83 Å². The molecule has 15 heavy (non-hydrogen) atoms. The summed E-state index contributed by atoms with van der Waals surface area (Å²) in [6, 6.07) is 0. The lowest BCUT2D eigenvalue weighted by Crippen LogP contribution is -2.86. The smallest absolute Gasteiger partial charge is 0.367 e. The molecule has 0 bridgehead atoms. The highest BCUT2D eigenvalue weighted by Gasteiger charge is 2.35. The van der Waals surface area contributed by atoms with Gasteiger partial charge in [0.25, 0.3) is 0 Å². The molecule has 0 aromatic carbocycles. The highest BCUT2D eigenvalue weighted by Crippen LogP contribution is 2.28. The van der Waals surface area contributed by atoms with Crippen LogP contribution in [0.5, 0.6) is 0 Å². The van der Waals surface area contributed by atoms with Gasteiger partial charge in [-0.15, -0.1) is 0 Å². The molecule has 1 rings (SSSR count). The number of piperidine rings is 1. The lowest BCUT2D eigenvalue weighted by atomic mass is 9.83. The number of ether oxygens (including phenoxy) is 1. The minimum absolute atomic E-state index is 0.311. The first-order valence-electron chi connectivity index (χ1n) is 5.33. The van der Waals surface area contributed by atoms with Crippen LogP contribution in [0, 0.1) is 5.92 Å². The summed E-state index contributed by atoms with van der Waals surface area (Å²) in [5.74, 6) is -1.65. The minimum atomic E-state index is -1.02. The summed E-state index contributed by atoms with van der Waals surface area (Å²) in [5.41, 5.74) is -0.597. The van der Waals surface area contributed by atoms with Gasteiger partial charge in [0.15, 0.2) is 0 Å². The molecule has 4 heteroatoms. The van der Waals surface area contributed by atoms with Crippen LogP contribution in [-0.2, 0) is 9.53 Å². The summed E-state index contributed by atoms with van der Waals surface area (Å²) in [7, 11) is 0. The van der Waals surface area contributed by atoms with Gasteiger partial charge in [-0.1, -0.05) is 6.58 Å². The molecule has 2 N–H and O–H groups in total. The Morgan fingerprint density at radius 2 is 2.00 bits per heavy atom. The van der Waals surface area contributed by atoms with E-state index in [0.29, 0.717) is 5.92 Å². The van der Waals surface area contributed by atoms with E-state index in [0.717, 1.165) is 25.9 Å². The molecule has 0 spiro atoms. The Balaban J connectivity index is 2.56. The summed E-state index contributed by atoms with van der Waals surface area (Å²) in [6.07, 6.45) is 2.00. The Bertz CT molecular complexity index is 257. The van der Waals surface area contributed by atoms with Crippen molar-refractivity contribution in [1.82, 2.24) is 0 Å². The summed E-state index contributed by atoms with van der Waals surface area (Å²) in [5, 5.41) is 2.24. The average Bonchev–Trinajstić information content (AvgIpc) is 2.18. The predicted octanol–water partition coefficient (Wildman–Crippen LogP) is 0.765. The van der Waals surface area contributed by atoms with Gasteiger partial charge in [-0.2, -0.15) is 4.39 Å². The summed E-state index contributed by atoms with van der Waals surface area (Å²) in [4.78, 5) is 11.1. The largest absolute Gasteiger partial charge is 0.454 e. The van der Waals surface area contributed by atoms with E-state index < -0.39 is 17.4 Å². The van der Waals surface area contributed by atoms with Crippen molar-refractivity contribution in [3.63, 3.8) is 0 Å². The maximum absolute atomic E-state index is 12.5. The van der Waals surface area contributed by atoms with Gasteiger partial charge in [0, 0.05) is 18.8 Å². The fraction of sp³-hybridized carbons (Fsp3) is 0.727. The zero-order valence-electron chi connectivity index (χ0n) is 9.38. The highest BCUT2D eigenvalue weighted by molar-refractivity contribution is 5.85. The van der Waals surface area contributed by atoms with E-state index >= 15 is 0 Å².